The molecule has 7 nitrogen and oxygen atoms in total. The van der Waals surface area contributed by atoms with Gasteiger partial charge in [-0.05, 0) is 49.3 Å². The summed E-state index contributed by atoms with van der Waals surface area (Å²) in [6.07, 6.45) is 1.10. The van der Waals surface area contributed by atoms with Crippen LogP contribution in [0.4, 0.5) is 29.2 Å². The summed E-state index contributed by atoms with van der Waals surface area (Å²) < 4.78 is 78.6. The first-order valence-electron chi connectivity index (χ1n) is 11.1. The number of nitrogens with one attached hydrogen (secondary N) is 1. The van der Waals surface area contributed by atoms with E-state index in [2.05, 4.69) is 15.3 Å². The number of alkyl halides is 3. The zero-order valence-electron chi connectivity index (χ0n) is 18.7. The van der Waals surface area contributed by atoms with E-state index in [1.807, 2.05) is 0 Å². The SMILES string of the molecule is CS(=O)(=O)N1CCC(CNc2ncnc(N(Cc3ccc(C(F)(F)F)cc3)C3CC3)c2F)CC1. The van der Waals surface area contributed by atoms with Crippen LogP contribution in [0.25, 0.3) is 0 Å². The molecule has 2 heterocycles. The summed E-state index contributed by atoms with van der Waals surface area (Å²) in [5.74, 6) is -0.238. The van der Waals surface area contributed by atoms with Crippen molar-refractivity contribution in [2.24, 2.45) is 5.92 Å². The fraction of sp³-hybridized carbons (Fsp3) is 0.545. The third-order valence-corrected chi connectivity index (χ3v) is 7.57. The monoisotopic (exact) mass is 501 g/mol. The summed E-state index contributed by atoms with van der Waals surface area (Å²) in [7, 11) is -3.21. The Labute approximate surface area is 196 Å². The largest absolute Gasteiger partial charge is 0.416 e. The molecular weight excluding hydrogens is 474 g/mol. The van der Waals surface area contributed by atoms with Gasteiger partial charge in [0.1, 0.15) is 6.33 Å². The third kappa shape index (κ3) is 5.96. The van der Waals surface area contributed by atoms with Gasteiger partial charge in [0.2, 0.25) is 15.8 Å². The molecule has 4 rings (SSSR count). The van der Waals surface area contributed by atoms with Crippen molar-refractivity contribution in [3.05, 3.63) is 47.5 Å². The van der Waals surface area contributed by atoms with Crippen LogP contribution in [0, 0.1) is 11.7 Å². The number of hydrogen-bond donors (Lipinski definition) is 1. The number of sulfonamides is 1. The van der Waals surface area contributed by atoms with Crippen LogP contribution in [-0.2, 0) is 22.7 Å². The van der Waals surface area contributed by atoms with Crippen LogP contribution in [-0.4, -0.2) is 54.6 Å². The highest BCUT2D eigenvalue weighted by molar-refractivity contribution is 7.88. The van der Waals surface area contributed by atoms with E-state index in [4.69, 9.17) is 0 Å². The van der Waals surface area contributed by atoms with E-state index in [0.717, 1.165) is 25.0 Å². The first-order chi connectivity index (χ1) is 16.0. The lowest BCUT2D eigenvalue weighted by atomic mass is 9.98. The average Bonchev–Trinajstić information content (AvgIpc) is 3.62. The van der Waals surface area contributed by atoms with Crippen molar-refractivity contribution in [3.8, 4) is 0 Å². The summed E-state index contributed by atoms with van der Waals surface area (Å²) in [5, 5.41) is 3.03. The number of aromatic nitrogens is 2. The third-order valence-electron chi connectivity index (χ3n) is 6.27. The van der Waals surface area contributed by atoms with Crippen LogP contribution >= 0.6 is 0 Å². The maximum absolute atomic E-state index is 15.3. The van der Waals surface area contributed by atoms with Crippen molar-refractivity contribution in [1.82, 2.24) is 14.3 Å². The van der Waals surface area contributed by atoms with Crippen LogP contribution in [0.2, 0.25) is 0 Å². The molecule has 1 saturated heterocycles. The van der Waals surface area contributed by atoms with Gasteiger partial charge in [-0.2, -0.15) is 17.6 Å². The van der Waals surface area contributed by atoms with Crippen molar-refractivity contribution in [2.45, 2.75) is 44.4 Å². The lowest BCUT2D eigenvalue weighted by molar-refractivity contribution is -0.137. The van der Waals surface area contributed by atoms with Gasteiger partial charge in [-0.25, -0.2) is 22.7 Å². The predicted octanol–water partition coefficient (Wildman–Crippen LogP) is 3.89. The summed E-state index contributed by atoms with van der Waals surface area (Å²) in [5.41, 5.74) is -0.0960. The molecule has 0 amide bonds. The van der Waals surface area contributed by atoms with E-state index in [1.54, 1.807) is 4.90 Å². The van der Waals surface area contributed by atoms with Crippen molar-refractivity contribution in [3.63, 3.8) is 0 Å². The summed E-state index contributed by atoms with van der Waals surface area (Å²) in [6.45, 7) is 1.56. The Morgan fingerprint density at radius 2 is 1.74 bits per heavy atom. The molecule has 0 atom stereocenters. The minimum absolute atomic E-state index is 0.0635. The number of halogens is 4. The van der Waals surface area contributed by atoms with Crippen LogP contribution in [0.3, 0.4) is 0 Å². The molecule has 0 bridgehead atoms. The number of anilines is 2. The number of rotatable bonds is 8. The first-order valence-corrected chi connectivity index (χ1v) is 13.0. The molecule has 1 aliphatic carbocycles. The lowest BCUT2D eigenvalue weighted by Gasteiger charge is -2.30. The minimum atomic E-state index is -4.41. The van der Waals surface area contributed by atoms with Crippen molar-refractivity contribution in [2.75, 3.05) is 36.1 Å². The van der Waals surface area contributed by atoms with E-state index >= 15 is 4.39 Å². The van der Waals surface area contributed by atoms with Gasteiger partial charge < -0.3 is 10.2 Å². The van der Waals surface area contributed by atoms with Crippen molar-refractivity contribution in [1.29, 1.82) is 0 Å². The number of piperidine rings is 1. The van der Waals surface area contributed by atoms with Crippen molar-refractivity contribution >= 4 is 21.7 Å². The number of benzene rings is 1. The quantitative estimate of drug-likeness (QED) is 0.553. The highest BCUT2D eigenvalue weighted by Crippen LogP contribution is 2.35. The van der Waals surface area contributed by atoms with Crippen LogP contribution < -0.4 is 10.2 Å². The van der Waals surface area contributed by atoms with Gasteiger partial charge in [0, 0.05) is 32.2 Å². The second-order valence-corrected chi connectivity index (χ2v) is 10.9. The van der Waals surface area contributed by atoms with Gasteiger partial charge >= 0.3 is 6.18 Å². The second kappa shape index (κ2) is 9.65. The summed E-state index contributed by atoms with van der Waals surface area (Å²) >= 11 is 0. The van der Waals surface area contributed by atoms with Crippen LogP contribution in [0.1, 0.15) is 36.8 Å². The average molecular weight is 502 g/mol. The molecule has 2 aliphatic rings. The normalized spacial score (nSPS) is 18.1. The molecule has 1 aromatic heterocycles. The molecule has 2 fully saturated rings. The Kier molecular flexibility index (Phi) is 6.99. The number of hydrogen-bond acceptors (Lipinski definition) is 6. The highest BCUT2D eigenvalue weighted by Gasteiger charge is 2.34. The van der Waals surface area contributed by atoms with Gasteiger partial charge in [-0.1, -0.05) is 12.1 Å². The maximum atomic E-state index is 15.3. The van der Waals surface area contributed by atoms with Crippen LogP contribution in [0.15, 0.2) is 30.6 Å². The Morgan fingerprint density at radius 3 is 2.29 bits per heavy atom. The lowest BCUT2D eigenvalue weighted by Crippen LogP contribution is -2.39. The van der Waals surface area contributed by atoms with E-state index in [9.17, 15) is 21.6 Å². The minimum Gasteiger partial charge on any atom is -0.367 e. The van der Waals surface area contributed by atoms with Gasteiger partial charge in [0.15, 0.2) is 11.6 Å². The standard InChI is InChI=1S/C22H27F4N5O2S/c1-34(32,33)30-10-8-15(9-11-30)12-27-20-19(23)21(29-14-28-20)31(18-6-7-18)13-16-2-4-17(5-3-16)22(24,25)26/h2-5,14-15,18H,6-13H2,1H3,(H,27,28,29). The fourth-order valence-electron chi connectivity index (χ4n) is 4.13. The highest BCUT2D eigenvalue weighted by atomic mass is 32.2. The zero-order chi connectivity index (χ0) is 24.5. The van der Waals surface area contributed by atoms with E-state index in [0.29, 0.717) is 38.0 Å². The van der Waals surface area contributed by atoms with Gasteiger partial charge in [0.05, 0.1) is 11.8 Å². The molecule has 2 aromatic rings. The smallest absolute Gasteiger partial charge is 0.367 e. The molecule has 12 heteroatoms. The second-order valence-electron chi connectivity index (χ2n) is 8.90. The Hall–Kier alpha value is -2.47. The summed E-state index contributed by atoms with van der Waals surface area (Å²) in [6, 6.07) is 4.93. The molecule has 1 aromatic carbocycles. The first kappa shape index (κ1) is 24.6. The van der Waals surface area contributed by atoms with Gasteiger partial charge in [0.25, 0.3) is 0 Å². The summed E-state index contributed by atoms with van der Waals surface area (Å²) in [4.78, 5) is 9.94. The molecule has 34 heavy (non-hydrogen) atoms. The molecule has 186 valence electrons. The molecule has 0 unspecified atom stereocenters. The Balaban J connectivity index is 1.42. The molecular formula is C22H27F4N5O2S. The Bertz CT molecular complexity index is 1100. The van der Waals surface area contributed by atoms with E-state index in [1.165, 1.54) is 29.0 Å². The van der Waals surface area contributed by atoms with E-state index in [-0.39, 0.29) is 30.1 Å². The van der Waals surface area contributed by atoms with Gasteiger partial charge in [-0.15, -0.1) is 0 Å². The van der Waals surface area contributed by atoms with Gasteiger partial charge in [-0.3, -0.25) is 0 Å². The predicted molar refractivity (Wildman–Crippen MR) is 120 cm³/mol. The topological polar surface area (TPSA) is 78.4 Å². The van der Waals surface area contributed by atoms with Crippen molar-refractivity contribution < 1.29 is 26.0 Å². The molecule has 1 saturated carbocycles. The molecule has 1 N–H and O–H groups in total. The Morgan fingerprint density at radius 1 is 1.09 bits per heavy atom. The molecule has 0 spiro atoms. The van der Waals surface area contributed by atoms with E-state index < -0.39 is 27.6 Å². The molecule has 0 radical (unpaired) electrons. The zero-order valence-corrected chi connectivity index (χ0v) is 19.5. The van der Waals surface area contributed by atoms with Crippen LogP contribution in [0.5, 0.6) is 0 Å². The number of nitrogens with zero attached hydrogens (tertiary/aromatic N) is 4. The maximum Gasteiger partial charge on any atom is 0.416 e. The molecule has 1 aliphatic heterocycles. The fourth-order valence-corrected chi connectivity index (χ4v) is 5.00.